The summed E-state index contributed by atoms with van der Waals surface area (Å²) >= 11 is 7.14. The van der Waals surface area contributed by atoms with Crippen LogP contribution in [-0.2, 0) is 0 Å². The molecule has 0 amide bonds. The van der Waals surface area contributed by atoms with Crippen LogP contribution in [-0.4, -0.2) is 24.9 Å². The number of rotatable bonds is 7. The van der Waals surface area contributed by atoms with Crippen molar-refractivity contribution < 1.29 is 0 Å². The Morgan fingerprint density at radius 3 is 1.20 bits per heavy atom. The van der Waals surface area contributed by atoms with Gasteiger partial charge in [0, 0.05) is 44.0 Å². The van der Waals surface area contributed by atoms with E-state index in [0.717, 1.165) is 55.9 Å². The van der Waals surface area contributed by atoms with Crippen molar-refractivity contribution in [2.75, 3.05) is 0 Å². The molecule has 6 aromatic carbocycles. The lowest BCUT2D eigenvalue weighted by molar-refractivity contribution is 1.07. The first-order valence-corrected chi connectivity index (χ1v) is 16.3. The van der Waals surface area contributed by atoms with Crippen LogP contribution < -0.4 is 0 Å². The molecule has 8 aromatic rings. The molecule has 0 aliphatic rings. The van der Waals surface area contributed by atoms with Gasteiger partial charge in [-0.2, -0.15) is 0 Å². The van der Waals surface area contributed by atoms with E-state index in [1.165, 1.54) is 0 Å². The van der Waals surface area contributed by atoms with Gasteiger partial charge in [0.05, 0.1) is 11.4 Å². The summed E-state index contributed by atoms with van der Waals surface area (Å²) in [5.74, 6) is 2.40. The summed E-state index contributed by atoms with van der Waals surface area (Å²) in [4.78, 5) is 24.6. The van der Waals surface area contributed by atoms with Crippen LogP contribution in [0.1, 0.15) is 0 Å². The lowest BCUT2D eigenvalue weighted by atomic mass is 9.95. The molecule has 0 saturated heterocycles. The minimum Gasteiger partial charge on any atom is -0.228 e. The van der Waals surface area contributed by atoms with Crippen molar-refractivity contribution in [1.29, 1.82) is 0 Å². The Hall–Kier alpha value is -6.30. The largest absolute Gasteiger partial charge is 0.228 e. The summed E-state index contributed by atoms with van der Waals surface area (Å²) in [6, 6.07) is 56.3. The lowest BCUT2D eigenvalue weighted by Gasteiger charge is -2.14. The second-order valence-corrected chi connectivity index (χ2v) is 11.9. The average molecular weight is 650 g/mol. The van der Waals surface area contributed by atoms with Gasteiger partial charge in [-0.25, -0.2) is 24.9 Å². The van der Waals surface area contributed by atoms with E-state index >= 15 is 0 Å². The van der Waals surface area contributed by atoms with Crippen LogP contribution in [0.15, 0.2) is 170 Å². The van der Waals surface area contributed by atoms with Gasteiger partial charge in [-0.05, 0) is 17.7 Å². The maximum absolute atomic E-state index is 7.14. The summed E-state index contributed by atoms with van der Waals surface area (Å²) in [7, 11) is 0. The van der Waals surface area contributed by atoms with Crippen LogP contribution in [0.3, 0.4) is 0 Å². The molecule has 232 valence electrons. The highest BCUT2D eigenvalue weighted by Crippen LogP contribution is 2.39. The van der Waals surface area contributed by atoms with Crippen molar-refractivity contribution >= 4 is 11.6 Å². The third-order valence-corrected chi connectivity index (χ3v) is 8.56. The minimum absolute atomic E-state index is 0.547. The molecule has 2 aromatic heterocycles. The maximum Gasteiger partial charge on any atom is 0.164 e. The molecule has 0 fully saturated rings. The monoisotopic (exact) mass is 649 g/mol. The normalized spacial score (nSPS) is 11.0. The van der Waals surface area contributed by atoms with Gasteiger partial charge in [0.2, 0.25) is 0 Å². The third kappa shape index (κ3) is 6.35. The van der Waals surface area contributed by atoms with E-state index in [0.29, 0.717) is 28.3 Å². The highest BCUT2D eigenvalue weighted by atomic mass is 35.5. The predicted molar refractivity (Wildman–Crippen MR) is 198 cm³/mol. The predicted octanol–water partition coefficient (Wildman–Crippen LogP) is 11.0. The van der Waals surface area contributed by atoms with Gasteiger partial charge in [-0.15, -0.1) is 0 Å². The molecular weight excluding hydrogens is 622 g/mol. The van der Waals surface area contributed by atoms with Crippen LogP contribution in [0.5, 0.6) is 0 Å². The van der Waals surface area contributed by atoms with E-state index in [9.17, 15) is 0 Å². The quantitative estimate of drug-likeness (QED) is 0.172. The Morgan fingerprint density at radius 2 is 0.694 bits per heavy atom. The number of halogens is 1. The van der Waals surface area contributed by atoms with Crippen molar-refractivity contribution in [2.45, 2.75) is 0 Å². The summed E-state index contributed by atoms with van der Waals surface area (Å²) in [5.41, 5.74) is 9.02. The van der Waals surface area contributed by atoms with E-state index in [4.69, 9.17) is 36.5 Å². The number of aromatic nitrogens is 5. The molecule has 0 saturated carbocycles. The number of hydrogen-bond acceptors (Lipinski definition) is 5. The number of nitrogens with zero attached hydrogens (tertiary/aromatic N) is 5. The van der Waals surface area contributed by atoms with Gasteiger partial charge < -0.3 is 0 Å². The first-order chi connectivity index (χ1) is 24.2. The highest BCUT2D eigenvalue weighted by molar-refractivity contribution is 6.33. The second kappa shape index (κ2) is 13.4. The number of hydrogen-bond donors (Lipinski definition) is 0. The van der Waals surface area contributed by atoms with E-state index in [2.05, 4.69) is 24.3 Å². The molecule has 2 heterocycles. The van der Waals surface area contributed by atoms with Gasteiger partial charge in [-0.1, -0.05) is 169 Å². The van der Waals surface area contributed by atoms with E-state index in [-0.39, 0.29) is 0 Å². The van der Waals surface area contributed by atoms with Gasteiger partial charge in [0.15, 0.2) is 23.3 Å². The van der Waals surface area contributed by atoms with Crippen LogP contribution in [0.4, 0.5) is 0 Å². The van der Waals surface area contributed by atoms with Crippen molar-refractivity contribution in [3.63, 3.8) is 0 Å². The second-order valence-electron chi connectivity index (χ2n) is 11.5. The van der Waals surface area contributed by atoms with Crippen LogP contribution in [0.2, 0.25) is 5.02 Å². The zero-order chi connectivity index (χ0) is 33.0. The standard InChI is InChI=1S/C43H28ClN5/c44-37-27-33(43-48-41(31-19-9-3-10-20-31)47-42(49-43)32-21-11-4-12-22-32)25-26-35(37)34-23-13-14-24-36(34)39-28-38(29-15-5-1-6-16-29)45-40(46-39)30-17-7-2-8-18-30/h1-28H. The zero-order valence-electron chi connectivity index (χ0n) is 26.3. The van der Waals surface area contributed by atoms with Crippen molar-refractivity contribution in [3.05, 3.63) is 175 Å². The van der Waals surface area contributed by atoms with Crippen LogP contribution in [0.25, 0.3) is 79.2 Å². The van der Waals surface area contributed by atoms with Gasteiger partial charge in [-0.3, -0.25) is 0 Å². The first kappa shape index (κ1) is 30.1. The molecule has 8 rings (SSSR count). The molecule has 5 nitrogen and oxygen atoms in total. The Labute approximate surface area is 289 Å². The summed E-state index contributed by atoms with van der Waals surface area (Å²) in [6.07, 6.45) is 0. The van der Waals surface area contributed by atoms with E-state index < -0.39 is 0 Å². The number of benzene rings is 6. The Morgan fingerprint density at radius 1 is 0.286 bits per heavy atom. The Kier molecular flexibility index (Phi) is 8.24. The molecular formula is C43H28ClN5. The molecule has 0 N–H and O–H groups in total. The summed E-state index contributed by atoms with van der Waals surface area (Å²) < 4.78 is 0. The SMILES string of the molecule is Clc1cc(-c2nc(-c3ccccc3)nc(-c3ccccc3)n2)ccc1-c1ccccc1-c1cc(-c2ccccc2)nc(-c2ccccc2)n1. The molecule has 0 bridgehead atoms. The Bertz CT molecular complexity index is 2270. The van der Waals surface area contributed by atoms with Gasteiger partial charge >= 0.3 is 0 Å². The lowest BCUT2D eigenvalue weighted by Crippen LogP contribution is -2.00. The molecule has 0 aliphatic carbocycles. The molecule has 0 unspecified atom stereocenters. The van der Waals surface area contributed by atoms with Gasteiger partial charge in [0.1, 0.15) is 0 Å². The van der Waals surface area contributed by atoms with Gasteiger partial charge in [0.25, 0.3) is 0 Å². The fraction of sp³-hybridized carbons (Fsp3) is 0. The molecule has 0 radical (unpaired) electrons. The smallest absolute Gasteiger partial charge is 0.164 e. The van der Waals surface area contributed by atoms with Crippen molar-refractivity contribution in [1.82, 2.24) is 24.9 Å². The molecule has 49 heavy (non-hydrogen) atoms. The summed E-state index contributed by atoms with van der Waals surface area (Å²) in [6.45, 7) is 0. The molecule has 0 aliphatic heterocycles. The van der Waals surface area contributed by atoms with E-state index in [1.54, 1.807) is 0 Å². The molecule has 0 spiro atoms. The van der Waals surface area contributed by atoms with Crippen molar-refractivity contribution in [3.8, 4) is 79.2 Å². The fourth-order valence-corrected chi connectivity index (χ4v) is 6.09. The maximum atomic E-state index is 7.14. The topological polar surface area (TPSA) is 64.5 Å². The highest BCUT2D eigenvalue weighted by Gasteiger charge is 2.17. The third-order valence-electron chi connectivity index (χ3n) is 8.25. The average Bonchev–Trinajstić information content (AvgIpc) is 3.19. The molecule has 6 heteroatoms. The fourth-order valence-electron chi connectivity index (χ4n) is 5.81. The minimum atomic E-state index is 0.547. The van der Waals surface area contributed by atoms with Crippen LogP contribution >= 0.6 is 11.6 Å². The first-order valence-electron chi connectivity index (χ1n) is 16.0. The Balaban J connectivity index is 1.23. The summed E-state index contributed by atoms with van der Waals surface area (Å²) in [5, 5.41) is 0.577. The van der Waals surface area contributed by atoms with Crippen molar-refractivity contribution in [2.24, 2.45) is 0 Å². The van der Waals surface area contributed by atoms with E-state index in [1.807, 2.05) is 146 Å². The molecule has 0 atom stereocenters. The van der Waals surface area contributed by atoms with Crippen LogP contribution in [0, 0.1) is 0 Å². The zero-order valence-corrected chi connectivity index (χ0v) is 27.0.